The van der Waals surface area contributed by atoms with Crippen molar-refractivity contribution in [3.8, 4) is 0 Å². The minimum atomic E-state index is -2.63. The summed E-state index contributed by atoms with van der Waals surface area (Å²) in [6.45, 7) is -2.58. The lowest BCUT2D eigenvalue weighted by molar-refractivity contribution is 0.0667. The summed E-state index contributed by atoms with van der Waals surface area (Å²) in [5.74, 6) is 0.243. The molecule has 7 heteroatoms. The number of nitrogens with zero attached hydrogens (tertiary/aromatic N) is 4. The zero-order valence-corrected chi connectivity index (χ0v) is 10.4. The van der Waals surface area contributed by atoms with Gasteiger partial charge in [0.25, 0.3) is 0 Å². The zero-order chi connectivity index (χ0) is 14.1. The average Bonchev–Trinajstić information content (AvgIpc) is 3.04. The van der Waals surface area contributed by atoms with E-state index in [0.29, 0.717) is 11.2 Å². The Hall–Kier alpha value is -2.28. The first kappa shape index (κ1) is 12.7. The molecule has 0 radical (unpaired) electrons. The highest BCUT2D eigenvalue weighted by Crippen LogP contribution is 2.21. The molecule has 1 N–H and O–H groups in total. The molecule has 0 amide bonds. The third-order valence-corrected chi connectivity index (χ3v) is 3.16. The van der Waals surface area contributed by atoms with Crippen molar-refractivity contribution in [3.63, 3.8) is 0 Å². The van der Waals surface area contributed by atoms with Crippen molar-refractivity contribution in [2.75, 3.05) is 0 Å². The van der Waals surface area contributed by atoms with Gasteiger partial charge in [-0.2, -0.15) is 8.78 Å². The largest absolute Gasteiger partial charge is 0.392 e. The Morgan fingerprint density at radius 2 is 2.10 bits per heavy atom. The Balaban J connectivity index is 2.05. The van der Waals surface area contributed by atoms with Gasteiger partial charge in [-0.3, -0.25) is 4.57 Å². The van der Waals surface area contributed by atoms with Crippen molar-refractivity contribution in [2.45, 2.75) is 19.7 Å². The van der Waals surface area contributed by atoms with E-state index in [-0.39, 0.29) is 19.0 Å². The molecule has 0 atom stereocenters. The van der Waals surface area contributed by atoms with Gasteiger partial charge in [-0.15, -0.1) is 0 Å². The molecule has 3 aromatic heterocycles. The quantitative estimate of drug-likeness (QED) is 0.795. The predicted octanol–water partition coefficient (Wildman–Crippen LogP) is 2.17. The predicted molar refractivity (Wildman–Crippen MR) is 68.2 cm³/mol. The van der Waals surface area contributed by atoms with E-state index < -0.39 is 6.55 Å². The van der Waals surface area contributed by atoms with Crippen LogP contribution in [0.2, 0.25) is 0 Å². The van der Waals surface area contributed by atoms with Gasteiger partial charge in [-0.25, -0.2) is 9.97 Å². The van der Waals surface area contributed by atoms with Crippen LogP contribution in [0.5, 0.6) is 0 Å². The summed E-state index contributed by atoms with van der Waals surface area (Å²) >= 11 is 0. The van der Waals surface area contributed by atoms with Crippen LogP contribution in [-0.2, 0) is 13.2 Å². The third-order valence-electron chi connectivity index (χ3n) is 3.16. The van der Waals surface area contributed by atoms with E-state index >= 15 is 0 Å². The summed E-state index contributed by atoms with van der Waals surface area (Å²) in [6.07, 6.45) is 5.92. The SMILES string of the molecule is OCc1cn(Cc2nccn2C(F)F)c2ncccc12. The van der Waals surface area contributed by atoms with Crippen LogP contribution in [0.4, 0.5) is 8.78 Å². The number of fused-ring (bicyclic) bond motifs is 1. The topological polar surface area (TPSA) is 55.9 Å². The van der Waals surface area contributed by atoms with Crippen molar-refractivity contribution in [3.05, 3.63) is 48.3 Å². The summed E-state index contributed by atoms with van der Waals surface area (Å²) < 4.78 is 28.1. The molecule has 0 aromatic carbocycles. The minimum absolute atomic E-state index is 0.127. The second-order valence-electron chi connectivity index (χ2n) is 4.34. The highest BCUT2D eigenvalue weighted by molar-refractivity contribution is 5.80. The Labute approximate surface area is 113 Å². The Bertz CT molecular complexity index is 735. The second kappa shape index (κ2) is 5.01. The van der Waals surface area contributed by atoms with E-state index in [1.165, 1.54) is 12.4 Å². The second-order valence-corrected chi connectivity index (χ2v) is 4.34. The summed E-state index contributed by atoms with van der Waals surface area (Å²) in [5, 5.41) is 10.1. The number of alkyl halides is 2. The zero-order valence-electron chi connectivity index (χ0n) is 10.4. The van der Waals surface area contributed by atoms with Crippen molar-refractivity contribution >= 4 is 11.0 Å². The van der Waals surface area contributed by atoms with Crippen LogP contribution in [0, 0.1) is 0 Å². The number of halogens is 2. The van der Waals surface area contributed by atoms with E-state index in [4.69, 9.17) is 0 Å². The molecular formula is C13H12F2N4O. The lowest BCUT2D eigenvalue weighted by Gasteiger charge is -2.07. The molecule has 20 heavy (non-hydrogen) atoms. The number of aliphatic hydroxyl groups is 1. The number of aliphatic hydroxyl groups excluding tert-OH is 1. The van der Waals surface area contributed by atoms with Gasteiger partial charge in [0.2, 0.25) is 0 Å². The Kier molecular flexibility index (Phi) is 3.19. The molecule has 3 aromatic rings. The van der Waals surface area contributed by atoms with Crippen LogP contribution in [0.25, 0.3) is 11.0 Å². The molecule has 3 rings (SSSR count). The number of rotatable bonds is 4. The van der Waals surface area contributed by atoms with E-state index in [1.54, 1.807) is 23.0 Å². The van der Waals surface area contributed by atoms with E-state index in [0.717, 1.165) is 9.95 Å². The van der Waals surface area contributed by atoms with E-state index in [9.17, 15) is 13.9 Å². The maximum Gasteiger partial charge on any atom is 0.319 e. The fourth-order valence-electron chi connectivity index (χ4n) is 2.24. The van der Waals surface area contributed by atoms with Crippen molar-refractivity contribution in [1.82, 2.24) is 19.1 Å². The monoisotopic (exact) mass is 278 g/mol. The highest BCUT2D eigenvalue weighted by Gasteiger charge is 2.14. The molecule has 0 aliphatic carbocycles. The van der Waals surface area contributed by atoms with Crippen LogP contribution in [0.1, 0.15) is 17.9 Å². The van der Waals surface area contributed by atoms with Gasteiger partial charge in [-0.1, -0.05) is 0 Å². The Morgan fingerprint density at radius 3 is 2.85 bits per heavy atom. The van der Waals surface area contributed by atoms with E-state index in [1.807, 2.05) is 6.07 Å². The van der Waals surface area contributed by atoms with Crippen LogP contribution in [0.15, 0.2) is 36.9 Å². The van der Waals surface area contributed by atoms with Gasteiger partial charge in [-0.05, 0) is 12.1 Å². The summed E-state index contributed by atoms with van der Waals surface area (Å²) in [6, 6.07) is 3.61. The summed E-state index contributed by atoms with van der Waals surface area (Å²) in [5.41, 5.74) is 1.35. The standard InChI is InChI=1S/C13H12F2N4O/c14-13(15)19-5-4-16-11(19)7-18-6-9(8-20)10-2-1-3-17-12(10)18/h1-6,13,20H,7-8H2. The molecule has 104 valence electrons. The number of pyridine rings is 1. The first-order valence-electron chi connectivity index (χ1n) is 6.04. The number of hydrogen-bond acceptors (Lipinski definition) is 3. The third kappa shape index (κ3) is 2.05. The van der Waals surface area contributed by atoms with Crippen molar-refractivity contribution in [1.29, 1.82) is 0 Å². The molecule has 0 fully saturated rings. The van der Waals surface area contributed by atoms with E-state index in [2.05, 4.69) is 9.97 Å². The van der Waals surface area contributed by atoms with Gasteiger partial charge in [0, 0.05) is 35.7 Å². The lowest BCUT2D eigenvalue weighted by atomic mass is 10.2. The molecule has 0 saturated carbocycles. The maximum absolute atomic E-state index is 12.8. The lowest BCUT2D eigenvalue weighted by Crippen LogP contribution is -2.08. The molecule has 0 aliphatic rings. The molecular weight excluding hydrogens is 266 g/mol. The van der Waals surface area contributed by atoms with Crippen molar-refractivity contribution in [2.24, 2.45) is 0 Å². The molecule has 5 nitrogen and oxygen atoms in total. The average molecular weight is 278 g/mol. The highest BCUT2D eigenvalue weighted by atomic mass is 19.3. The summed E-state index contributed by atoms with van der Waals surface area (Å²) in [4.78, 5) is 8.18. The summed E-state index contributed by atoms with van der Waals surface area (Å²) in [7, 11) is 0. The smallest absolute Gasteiger partial charge is 0.319 e. The van der Waals surface area contributed by atoms with Crippen LogP contribution < -0.4 is 0 Å². The van der Waals surface area contributed by atoms with Crippen LogP contribution >= 0.6 is 0 Å². The van der Waals surface area contributed by atoms with Gasteiger partial charge in [0.1, 0.15) is 11.5 Å². The molecule has 0 unspecified atom stereocenters. The van der Waals surface area contributed by atoms with Gasteiger partial charge < -0.3 is 9.67 Å². The number of aromatic nitrogens is 4. The van der Waals surface area contributed by atoms with Gasteiger partial charge in [0.05, 0.1) is 13.2 Å². The van der Waals surface area contributed by atoms with Crippen LogP contribution in [-0.4, -0.2) is 24.2 Å². The van der Waals surface area contributed by atoms with Crippen molar-refractivity contribution < 1.29 is 13.9 Å². The minimum Gasteiger partial charge on any atom is -0.392 e. The first-order valence-corrected chi connectivity index (χ1v) is 6.04. The molecule has 0 bridgehead atoms. The maximum atomic E-state index is 12.8. The fourth-order valence-corrected chi connectivity index (χ4v) is 2.24. The van der Waals surface area contributed by atoms with Gasteiger partial charge >= 0.3 is 6.55 Å². The fraction of sp³-hybridized carbons (Fsp3) is 0.231. The Morgan fingerprint density at radius 1 is 1.25 bits per heavy atom. The first-order chi connectivity index (χ1) is 9.70. The molecule has 0 aliphatic heterocycles. The number of hydrogen-bond donors (Lipinski definition) is 1. The normalized spacial score (nSPS) is 11.6. The molecule has 0 saturated heterocycles. The molecule has 0 spiro atoms. The molecule has 3 heterocycles. The van der Waals surface area contributed by atoms with Gasteiger partial charge in [0.15, 0.2) is 0 Å². The number of imidazole rings is 1. The van der Waals surface area contributed by atoms with Crippen LogP contribution in [0.3, 0.4) is 0 Å².